The van der Waals surface area contributed by atoms with Crippen molar-refractivity contribution in [3.63, 3.8) is 0 Å². The number of nitro groups is 1. The molecular weight excluding hydrogens is 240 g/mol. The maximum atomic E-state index is 11.9. The second-order valence-electron chi connectivity index (χ2n) is 4.17. The van der Waals surface area contributed by atoms with E-state index >= 15 is 0 Å². The van der Waals surface area contributed by atoms with Crippen LogP contribution < -0.4 is 5.73 Å². The molecule has 5 nitrogen and oxygen atoms in total. The Kier molecular flexibility index (Phi) is 4.77. The fraction of sp³-hybridized carbons (Fsp3) is 0.455. The first-order chi connectivity index (χ1) is 7.91. The minimum absolute atomic E-state index is 0.00101. The molecule has 0 aliphatic heterocycles. The van der Waals surface area contributed by atoms with Gasteiger partial charge in [0.05, 0.1) is 15.7 Å². The molecule has 0 bridgehead atoms. The molecule has 0 spiro atoms. The van der Waals surface area contributed by atoms with E-state index in [0.717, 1.165) is 0 Å². The summed E-state index contributed by atoms with van der Waals surface area (Å²) in [7, 11) is -1.20. The zero-order valence-corrected chi connectivity index (χ0v) is 10.6. The summed E-state index contributed by atoms with van der Waals surface area (Å²) in [5.41, 5.74) is 5.83. The van der Waals surface area contributed by atoms with Crippen molar-refractivity contribution in [2.75, 3.05) is 5.75 Å². The zero-order chi connectivity index (χ0) is 13.0. The van der Waals surface area contributed by atoms with Crippen molar-refractivity contribution in [1.29, 1.82) is 0 Å². The van der Waals surface area contributed by atoms with Crippen molar-refractivity contribution in [2.24, 2.45) is 11.7 Å². The lowest BCUT2D eigenvalue weighted by molar-refractivity contribution is -0.384. The molecule has 0 aromatic heterocycles. The Morgan fingerprint density at radius 2 is 1.88 bits per heavy atom. The van der Waals surface area contributed by atoms with Crippen molar-refractivity contribution in [2.45, 2.75) is 24.8 Å². The van der Waals surface area contributed by atoms with Gasteiger partial charge in [-0.2, -0.15) is 0 Å². The standard InChI is InChI=1S/C11H16N2O3S/c1-8(2)11(12)7-17(16)10-5-3-9(4-6-10)13(14)15/h3-6,8,11H,7,12H2,1-2H3. The molecular formula is C11H16N2O3S. The van der Waals surface area contributed by atoms with E-state index in [1.54, 1.807) is 0 Å². The summed E-state index contributed by atoms with van der Waals surface area (Å²) in [6.45, 7) is 3.94. The Balaban J connectivity index is 2.73. The Bertz CT molecular complexity index is 417. The van der Waals surface area contributed by atoms with Crippen LogP contribution in [0.5, 0.6) is 0 Å². The normalized spacial score (nSPS) is 14.6. The molecule has 1 aromatic carbocycles. The molecule has 1 aromatic rings. The smallest absolute Gasteiger partial charge is 0.269 e. The van der Waals surface area contributed by atoms with E-state index in [9.17, 15) is 14.3 Å². The van der Waals surface area contributed by atoms with Crippen LogP contribution in [0.2, 0.25) is 0 Å². The van der Waals surface area contributed by atoms with Crippen molar-refractivity contribution >= 4 is 16.5 Å². The highest BCUT2D eigenvalue weighted by Gasteiger charge is 2.14. The molecule has 0 aliphatic rings. The molecule has 2 N–H and O–H groups in total. The van der Waals surface area contributed by atoms with E-state index in [0.29, 0.717) is 10.6 Å². The summed E-state index contributed by atoms with van der Waals surface area (Å²) < 4.78 is 11.9. The molecule has 0 aliphatic carbocycles. The van der Waals surface area contributed by atoms with Gasteiger partial charge in [-0.1, -0.05) is 13.8 Å². The van der Waals surface area contributed by atoms with E-state index in [1.807, 2.05) is 13.8 Å². The third-order valence-electron chi connectivity index (χ3n) is 2.51. The molecule has 0 saturated heterocycles. The Labute approximate surface area is 103 Å². The van der Waals surface area contributed by atoms with Crippen molar-refractivity contribution < 1.29 is 9.13 Å². The van der Waals surface area contributed by atoms with E-state index in [2.05, 4.69) is 0 Å². The van der Waals surface area contributed by atoms with E-state index in [4.69, 9.17) is 5.73 Å². The zero-order valence-electron chi connectivity index (χ0n) is 9.83. The first kappa shape index (κ1) is 13.8. The number of benzene rings is 1. The van der Waals surface area contributed by atoms with Crippen LogP contribution in [-0.2, 0) is 10.8 Å². The fourth-order valence-electron chi connectivity index (χ4n) is 1.18. The number of hydrogen-bond donors (Lipinski definition) is 1. The van der Waals surface area contributed by atoms with Gasteiger partial charge in [0, 0.05) is 28.8 Å². The molecule has 2 atom stereocenters. The topological polar surface area (TPSA) is 86.2 Å². The van der Waals surface area contributed by atoms with E-state index < -0.39 is 15.7 Å². The predicted octanol–water partition coefficient (Wildman–Crippen LogP) is 1.69. The average Bonchev–Trinajstić information content (AvgIpc) is 2.28. The van der Waals surface area contributed by atoms with Crippen molar-refractivity contribution in [3.8, 4) is 0 Å². The van der Waals surface area contributed by atoms with Gasteiger partial charge in [0.15, 0.2) is 0 Å². The molecule has 0 amide bonds. The molecule has 6 heteroatoms. The van der Waals surface area contributed by atoms with Gasteiger partial charge in [0.25, 0.3) is 5.69 Å². The summed E-state index contributed by atoms with van der Waals surface area (Å²) in [4.78, 5) is 10.6. The highest BCUT2D eigenvalue weighted by Crippen LogP contribution is 2.15. The molecule has 2 unspecified atom stereocenters. The SMILES string of the molecule is CC(C)C(N)CS(=O)c1ccc([N+](=O)[O-])cc1. The monoisotopic (exact) mass is 256 g/mol. The number of nitrogens with zero attached hydrogens (tertiary/aromatic N) is 1. The minimum Gasteiger partial charge on any atom is -0.327 e. The van der Waals surface area contributed by atoms with Gasteiger partial charge in [-0.25, -0.2) is 0 Å². The summed E-state index contributed by atoms with van der Waals surface area (Å²) in [5, 5.41) is 10.5. The van der Waals surface area contributed by atoms with Crippen molar-refractivity contribution in [1.82, 2.24) is 0 Å². The lowest BCUT2D eigenvalue weighted by Gasteiger charge is -2.14. The van der Waals surface area contributed by atoms with Crippen LogP contribution in [0.15, 0.2) is 29.2 Å². The second-order valence-corrected chi connectivity index (χ2v) is 5.67. The van der Waals surface area contributed by atoms with Crippen molar-refractivity contribution in [3.05, 3.63) is 34.4 Å². The number of nitro benzene ring substituents is 1. The maximum absolute atomic E-state index is 11.9. The maximum Gasteiger partial charge on any atom is 0.269 e. The first-order valence-corrected chi connectivity index (χ1v) is 6.62. The Hall–Kier alpha value is -1.27. The molecule has 0 radical (unpaired) electrons. The highest BCUT2D eigenvalue weighted by atomic mass is 32.2. The number of nitrogens with two attached hydrogens (primary N) is 1. The minimum atomic E-state index is -1.20. The largest absolute Gasteiger partial charge is 0.327 e. The van der Waals surface area contributed by atoms with E-state index in [-0.39, 0.29) is 17.6 Å². The van der Waals surface area contributed by atoms with Gasteiger partial charge in [-0.3, -0.25) is 14.3 Å². The fourth-order valence-corrected chi connectivity index (χ4v) is 2.55. The Morgan fingerprint density at radius 3 is 2.29 bits per heavy atom. The van der Waals surface area contributed by atoms with Crippen LogP contribution in [-0.4, -0.2) is 20.9 Å². The van der Waals surface area contributed by atoms with Crippen LogP contribution in [0.3, 0.4) is 0 Å². The van der Waals surface area contributed by atoms with Crippen LogP contribution in [0.4, 0.5) is 5.69 Å². The van der Waals surface area contributed by atoms with Crippen LogP contribution in [0.25, 0.3) is 0 Å². The third-order valence-corrected chi connectivity index (χ3v) is 4.00. The second kappa shape index (κ2) is 5.88. The highest BCUT2D eigenvalue weighted by molar-refractivity contribution is 7.85. The number of rotatable bonds is 5. The Morgan fingerprint density at radius 1 is 1.35 bits per heavy atom. The van der Waals surface area contributed by atoms with Crippen LogP contribution >= 0.6 is 0 Å². The molecule has 1 rings (SSSR count). The quantitative estimate of drug-likeness (QED) is 0.641. The lowest BCUT2D eigenvalue weighted by Crippen LogP contribution is -2.32. The van der Waals surface area contributed by atoms with Gasteiger partial charge in [-0.05, 0) is 18.1 Å². The first-order valence-electron chi connectivity index (χ1n) is 5.30. The van der Waals surface area contributed by atoms with Gasteiger partial charge < -0.3 is 5.73 Å². The summed E-state index contributed by atoms with van der Waals surface area (Å²) in [5.74, 6) is 0.632. The van der Waals surface area contributed by atoms with Gasteiger partial charge in [0.1, 0.15) is 0 Å². The average molecular weight is 256 g/mol. The number of hydrogen-bond acceptors (Lipinski definition) is 4. The lowest BCUT2D eigenvalue weighted by atomic mass is 10.1. The molecule has 0 fully saturated rings. The molecule has 94 valence electrons. The number of non-ortho nitro benzene ring substituents is 1. The summed E-state index contributed by atoms with van der Waals surface area (Å²) in [6, 6.07) is 5.61. The summed E-state index contributed by atoms with van der Waals surface area (Å²) in [6.07, 6.45) is 0. The van der Waals surface area contributed by atoms with Crippen LogP contribution in [0, 0.1) is 16.0 Å². The molecule has 17 heavy (non-hydrogen) atoms. The van der Waals surface area contributed by atoms with Gasteiger partial charge in [0.2, 0.25) is 0 Å². The predicted molar refractivity (Wildman–Crippen MR) is 67.2 cm³/mol. The van der Waals surface area contributed by atoms with Gasteiger partial charge >= 0.3 is 0 Å². The third kappa shape index (κ3) is 3.90. The molecule has 0 heterocycles. The van der Waals surface area contributed by atoms with Gasteiger partial charge in [-0.15, -0.1) is 0 Å². The van der Waals surface area contributed by atoms with E-state index in [1.165, 1.54) is 24.3 Å². The summed E-state index contributed by atoms with van der Waals surface area (Å²) >= 11 is 0. The molecule has 0 saturated carbocycles. The van der Waals surface area contributed by atoms with Crippen LogP contribution in [0.1, 0.15) is 13.8 Å².